The molecule has 1 aromatic heterocycles. The number of hydrogen-bond donors (Lipinski definition) is 2. The summed E-state index contributed by atoms with van der Waals surface area (Å²) in [6.07, 6.45) is 5.59. The zero-order chi connectivity index (χ0) is 9.52. The van der Waals surface area contributed by atoms with Crippen LogP contribution in [0.25, 0.3) is 0 Å². The van der Waals surface area contributed by atoms with Crippen LogP contribution in [0.4, 0.5) is 0 Å². The van der Waals surface area contributed by atoms with Crippen LogP contribution in [-0.2, 0) is 0 Å². The van der Waals surface area contributed by atoms with Gasteiger partial charge in [0.05, 0.1) is 17.9 Å². The van der Waals surface area contributed by atoms with Crippen LogP contribution in [0.1, 0.15) is 25.1 Å². The predicted octanol–water partition coefficient (Wildman–Crippen LogP) is 0.394. The molecule has 4 nitrogen and oxygen atoms in total. The molecule has 0 saturated heterocycles. The standard InChI is InChI=1S/C9H12N4/c1-2-3-4-8(13-10)9-7-11-5-6-12-9/h5-8,13H,4,10H2,1H3. The Morgan fingerprint density at radius 1 is 1.62 bits per heavy atom. The van der Waals surface area contributed by atoms with Crippen molar-refractivity contribution in [2.75, 3.05) is 0 Å². The minimum absolute atomic E-state index is 0.0406. The molecule has 1 aromatic rings. The summed E-state index contributed by atoms with van der Waals surface area (Å²) in [4.78, 5) is 8.09. The fourth-order valence-corrected chi connectivity index (χ4v) is 0.944. The van der Waals surface area contributed by atoms with Crippen molar-refractivity contribution in [2.24, 2.45) is 5.84 Å². The molecule has 0 spiro atoms. The van der Waals surface area contributed by atoms with Gasteiger partial charge in [-0.15, -0.1) is 11.8 Å². The number of nitrogens with two attached hydrogens (primary N) is 1. The molecule has 13 heavy (non-hydrogen) atoms. The van der Waals surface area contributed by atoms with E-state index in [1.54, 1.807) is 25.5 Å². The molecule has 1 heterocycles. The van der Waals surface area contributed by atoms with Crippen molar-refractivity contribution in [2.45, 2.75) is 19.4 Å². The number of rotatable bonds is 3. The molecule has 1 unspecified atom stereocenters. The van der Waals surface area contributed by atoms with E-state index in [0.29, 0.717) is 6.42 Å². The van der Waals surface area contributed by atoms with E-state index in [4.69, 9.17) is 5.84 Å². The van der Waals surface area contributed by atoms with Gasteiger partial charge >= 0.3 is 0 Å². The second kappa shape index (κ2) is 5.25. The topological polar surface area (TPSA) is 63.8 Å². The van der Waals surface area contributed by atoms with Gasteiger partial charge in [-0.05, 0) is 6.92 Å². The van der Waals surface area contributed by atoms with Crippen molar-refractivity contribution >= 4 is 0 Å². The molecule has 3 N–H and O–H groups in total. The maximum Gasteiger partial charge on any atom is 0.0779 e. The summed E-state index contributed by atoms with van der Waals surface area (Å²) in [6.45, 7) is 1.80. The van der Waals surface area contributed by atoms with Crippen LogP contribution in [-0.4, -0.2) is 9.97 Å². The average molecular weight is 176 g/mol. The molecule has 0 aliphatic heterocycles. The third-order valence-electron chi connectivity index (χ3n) is 1.62. The molecule has 4 heteroatoms. The van der Waals surface area contributed by atoms with E-state index in [2.05, 4.69) is 27.2 Å². The van der Waals surface area contributed by atoms with Crippen molar-refractivity contribution in [3.63, 3.8) is 0 Å². The van der Waals surface area contributed by atoms with Gasteiger partial charge in [0.1, 0.15) is 0 Å². The molecule has 1 rings (SSSR count). The highest BCUT2D eigenvalue weighted by atomic mass is 15.2. The third kappa shape index (κ3) is 2.82. The molecule has 0 radical (unpaired) electrons. The Bertz CT molecular complexity index is 298. The van der Waals surface area contributed by atoms with Gasteiger partial charge in [-0.2, -0.15) is 0 Å². The maximum atomic E-state index is 5.36. The fourth-order valence-electron chi connectivity index (χ4n) is 0.944. The SMILES string of the molecule is CC#CCC(NN)c1cnccn1. The number of nitrogens with one attached hydrogen (secondary N) is 1. The van der Waals surface area contributed by atoms with E-state index < -0.39 is 0 Å². The minimum atomic E-state index is -0.0406. The Labute approximate surface area is 77.6 Å². The van der Waals surface area contributed by atoms with Gasteiger partial charge in [0.2, 0.25) is 0 Å². The zero-order valence-electron chi connectivity index (χ0n) is 7.49. The summed E-state index contributed by atoms with van der Waals surface area (Å²) >= 11 is 0. The van der Waals surface area contributed by atoms with Crippen molar-refractivity contribution in [3.05, 3.63) is 24.3 Å². The molecule has 0 aliphatic carbocycles. The fraction of sp³-hybridized carbons (Fsp3) is 0.333. The minimum Gasteiger partial charge on any atom is -0.271 e. The van der Waals surface area contributed by atoms with Crippen molar-refractivity contribution in [1.82, 2.24) is 15.4 Å². The zero-order valence-corrected chi connectivity index (χ0v) is 7.49. The lowest BCUT2D eigenvalue weighted by Gasteiger charge is -2.10. The van der Waals surface area contributed by atoms with E-state index in [1.165, 1.54) is 0 Å². The summed E-state index contributed by atoms with van der Waals surface area (Å²) < 4.78 is 0. The first kappa shape index (κ1) is 9.65. The Morgan fingerprint density at radius 2 is 2.46 bits per heavy atom. The van der Waals surface area contributed by atoms with Gasteiger partial charge in [0.25, 0.3) is 0 Å². The summed E-state index contributed by atoms with van der Waals surface area (Å²) in [5.74, 6) is 11.1. The van der Waals surface area contributed by atoms with Crippen LogP contribution in [0.2, 0.25) is 0 Å². The van der Waals surface area contributed by atoms with Gasteiger partial charge in [-0.1, -0.05) is 0 Å². The Balaban J connectivity index is 2.70. The second-order valence-corrected chi connectivity index (χ2v) is 2.48. The average Bonchev–Trinajstić information content (AvgIpc) is 2.21. The van der Waals surface area contributed by atoms with Crippen molar-refractivity contribution < 1.29 is 0 Å². The normalized spacial score (nSPS) is 11.5. The summed E-state index contributed by atoms with van der Waals surface area (Å²) in [6, 6.07) is -0.0406. The smallest absolute Gasteiger partial charge is 0.0779 e. The largest absolute Gasteiger partial charge is 0.271 e. The highest BCUT2D eigenvalue weighted by molar-refractivity contribution is 5.07. The van der Waals surface area contributed by atoms with Crippen LogP contribution in [0.3, 0.4) is 0 Å². The summed E-state index contributed by atoms with van der Waals surface area (Å²) in [5, 5.41) is 0. The van der Waals surface area contributed by atoms with E-state index in [1.807, 2.05) is 0 Å². The van der Waals surface area contributed by atoms with Gasteiger partial charge in [0.15, 0.2) is 0 Å². The number of hydrazine groups is 1. The summed E-state index contributed by atoms with van der Waals surface area (Å²) in [7, 11) is 0. The van der Waals surface area contributed by atoms with Gasteiger partial charge in [-0.25, -0.2) is 0 Å². The Morgan fingerprint density at radius 3 is 3.00 bits per heavy atom. The highest BCUT2D eigenvalue weighted by Gasteiger charge is 2.08. The van der Waals surface area contributed by atoms with E-state index in [0.717, 1.165) is 5.69 Å². The molecule has 68 valence electrons. The van der Waals surface area contributed by atoms with Crippen LogP contribution in [0.5, 0.6) is 0 Å². The molecule has 0 saturated carbocycles. The van der Waals surface area contributed by atoms with Gasteiger partial charge in [-0.3, -0.25) is 21.2 Å². The first-order chi connectivity index (χ1) is 6.38. The molecule has 1 atom stereocenters. The number of hydrogen-bond acceptors (Lipinski definition) is 4. The molecular formula is C9H12N4. The van der Waals surface area contributed by atoms with Crippen molar-refractivity contribution in [1.29, 1.82) is 0 Å². The predicted molar refractivity (Wildman–Crippen MR) is 50.2 cm³/mol. The van der Waals surface area contributed by atoms with Crippen LogP contribution >= 0.6 is 0 Å². The molecule has 0 aliphatic rings. The quantitative estimate of drug-likeness (QED) is 0.397. The van der Waals surface area contributed by atoms with E-state index in [-0.39, 0.29) is 6.04 Å². The van der Waals surface area contributed by atoms with Gasteiger partial charge in [0, 0.05) is 18.8 Å². The van der Waals surface area contributed by atoms with E-state index in [9.17, 15) is 0 Å². The molecule has 0 aromatic carbocycles. The highest BCUT2D eigenvalue weighted by Crippen LogP contribution is 2.09. The first-order valence-corrected chi connectivity index (χ1v) is 4.00. The third-order valence-corrected chi connectivity index (χ3v) is 1.62. The molecule has 0 fully saturated rings. The summed E-state index contributed by atoms with van der Waals surface area (Å²) in [5.41, 5.74) is 3.46. The monoisotopic (exact) mass is 176 g/mol. The lowest BCUT2D eigenvalue weighted by Crippen LogP contribution is -2.28. The molecular weight excluding hydrogens is 164 g/mol. The number of nitrogens with zero attached hydrogens (tertiary/aromatic N) is 2. The van der Waals surface area contributed by atoms with Crippen molar-refractivity contribution in [3.8, 4) is 11.8 Å². The first-order valence-electron chi connectivity index (χ1n) is 4.00. The maximum absolute atomic E-state index is 5.36. The molecule has 0 amide bonds. The van der Waals surface area contributed by atoms with Crippen LogP contribution < -0.4 is 11.3 Å². The molecule has 0 bridgehead atoms. The van der Waals surface area contributed by atoms with Crippen LogP contribution in [0, 0.1) is 11.8 Å². The number of aromatic nitrogens is 2. The van der Waals surface area contributed by atoms with Gasteiger partial charge < -0.3 is 0 Å². The lowest BCUT2D eigenvalue weighted by atomic mass is 10.1. The van der Waals surface area contributed by atoms with E-state index >= 15 is 0 Å². The van der Waals surface area contributed by atoms with Crippen LogP contribution in [0.15, 0.2) is 18.6 Å². The second-order valence-electron chi connectivity index (χ2n) is 2.48. The Hall–Kier alpha value is -1.44. The lowest BCUT2D eigenvalue weighted by molar-refractivity contribution is 0.551. The Kier molecular flexibility index (Phi) is 3.89.